The lowest BCUT2D eigenvalue weighted by Crippen LogP contribution is -2.35. The van der Waals surface area contributed by atoms with Gasteiger partial charge in [-0.25, -0.2) is 4.39 Å². The van der Waals surface area contributed by atoms with Crippen LogP contribution in [0.25, 0.3) is 0 Å². The number of rotatable bonds is 5. The van der Waals surface area contributed by atoms with Crippen LogP contribution in [0, 0.1) is 5.82 Å². The first-order valence-electron chi connectivity index (χ1n) is 7.14. The van der Waals surface area contributed by atoms with E-state index in [1.54, 1.807) is 19.2 Å². The first-order valence-corrected chi connectivity index (χ1v) is 7.14. The maximum absolute atomic E-state index is 14.4. The average molecular weight is 279 g/mol. The van der Waals surface area contributed by atoms with E-state index in [1.807, 2.05) is 6.07 Å². The predicted molar refractivity (Wildman–Crippen MR) is 76.7 cm³/mol. The summed E-state index contributed by atoms with van der Waals surface area (Å²) in [5.41, 5.74) is 0.911. The molecule has 1 saturated heterocycles. The molecule has 0 saturated carbocycles. The van der Waals surface area contributed by atoms with Crippen molar-refractivity contribution in [3.05, 3.63) is 35.1 Å². The summed E-state index contributed by atoms with van der Waals surface area (Å²) in [6, 6.07) is 5.17. The van der Waals surface area contributed by atoms with Crippen molar-refractivity contribution < 1.29 is 13.9 Å². The van der Waals surface area contributed by atoms with Gasteiger partial charge in [0.05, 0.1) is 12.2 Å². The molecule has 0 bridgehead atoms. The molecule has 0 aliphatic carbocycles. The average Bonchev–Trinajstić information content (AvgIpc) is 2.46. The Labute approximate surface area is 119 Å². The summed E-state index contributed by atoms with van der Waals surface area (Å²) < 4.78 is 19.4. The number of benzene rings is 1. The number of halogens is 1. The van der Waals surface area contributed by atoms with E-state index in [2.05, 4.69) is 4.90 Å². The zero-order valence-electron chi connectivity index (χ0n) is 12.2. The number of likely N-dealkylation sites (tertiary alicyclic amines) is 1. The second-order valence-corrected chi connectivity index (χ2v) is 5.37. The van der Waals surface area contributed by atoms with Crippen LogP contribution in [-0.4, -0.2) is 44.0 Å². The molecular weight excluding hydrogens is 257 g/mol. The molecule has 1 aliphatic rings. The Morgan fingerprint density at radius 3 is 2.70 bits per heavy atom. The van der Waals surface area contributed by atoms with Crippen molar-refractivity contribution in [2.75, 3.05) is 33.4 Å². The zero-order valence-corrected chi connectivity index (χ0v) is 12.2. The summed E-state index contributed by atoms with van der Waals surface area (Å²) in [6.45, 7) is 4.99. The number of hydrogen-bond acceptors (Lipinski definition) is 3. The molecule has 0 spiro atoms. The molecule has 1 aromatic rings. The minimum Gasteiger partial charge on any atom is -0.383 e. The number of Topliss-reactive ketones (excluding diaryl/α,β-unsaturated/α-hetero) is 1. The van der Waals surface area contributed by atoms with Crippen LogP contribution in [0.5, 0.6) is 0 Å². The number of carbonyl (C=O) groups excluding carboxylic acids is 1. The molecule has 1 aliphatic heterocycles. The Kier molecular flexibility index (Phi) is 5.26. The van der Waals surface area contributed by atoms with E-state index in [0.717, 1.165) is 39.1 Å². The van der Waals surface area contributed by atoms with Gasteiger partial charge in [-0.05, 0) is 50.4 Å². The highest BCUT2D eigenvalue weighted by atomic mass is 19.1. The molecule has 1 heterocycles. The van der Waals surface area contributed by atoms with Gasteiger partial charge in [0.2, 0.25) is 0 Å². The normalized spacial score (nSPS) is 17.4. The molecule has 3 nitrogen and oxygen atoms in total. The van der Waals surface area contributed by atoms with E-state index >= 15 is 0 Å². The Bertz CT molecular complexity index is 468. The van der Waals surface area contributed by atoms with Crippen LogP contribution < -0.4 is 0 Å². The monoisotopic (exact) mass is 279 g/mol. The van der Waals surface area contributed by atoms with Gasteiger partial charge in [0, 0.05) is 13.7 Å². The fourth-order valence-electron chi connectivity index (χ4n) is 2.82. The maximum Gasteiger partial charge on any atom is 0.162 e. The zero-order chi connectivity index (χ0) is 14.5. The van der Waals surface area contributed by atoms with Crippen LogP contribution in [0.1, 0.15) is 41.6 Å². The number of ether oxygens (including phenoxy) is 1. The molecule has 0 atom stereocenters. The predicted octanol–water partition coefficient (Wildman–Crippen LogP) is 2.85. The first kappa shape index (κ1) is 15.1. The summed E-state index contributed by atoms with van der Waals surface area (Å²) in [4.78, 5) is 13.7. The summed E-state index contributed by atoms with van der Waals surface area (Å²) in [5.74, 6) is -0.315. The summed E-state index contributed by atoms with van der Waals surface area (Å²) >= 11 is 0. The molecule has 1 aromatic carbocycles. The van der Waals surface area contributed by atoms with Gasteiger partial charge in [0.25, 0.3) is 0 Å². The highest BCUT2D eigenvalue weighted by Gasteiger charge is 2.24. The van der Waals surface area contributed by atoms with Crippen LogP contribution in [0.2, 0.25) is 0 Å². The smallest absolute Gasteiger partial charge is 0.162 e. The van der Waals surface area contributed by atoms with Gasteiger partial charge in [0.15, 0.2) is 5.78 Å². The molecule has 1 fully saturated rings. The van der Waals surface area contributed by atoms with Gasteiger partial charge in [-0.15, -0.1) is 0 Å². The van der Waals surface area contributed by atoms with E-state index in [0.29, 0.717) is 5.56 Å². The number of hydrogen-bond donors (Lipinski definition) is 0. The van der Waals surface area contributed by atoms with Crippen molar-refractivity contribution in [1.82, 2.24) is 4.90 Å². The quantitative estimate of drug-likeness (QED) is 0.776. The highest BCUT2D eigenvalue weighted by molar-refractivity contribution is 5.94. The lowest BCUT2D eigenvalue weighted by molar-refractivity contribution is 0.101. The third-order valence-corrected chi connectivity index (χ3v) is 4.05. The molecule has 0 N–H and O–H groups in total. The van der Waals surface area contributed by atoms with E-state index < -0.39 is 0 Å². The SMILES string of the molecule is COCCN1CCC(c2cccc(C(C)=O)c2F)CC1. The van der Waals surface area contributed by atoms with Gasteiger partial charge in [-0.1, -0.05) is 12.1 Å². The molecule has 0 radical (unpaired) electrons. The molecule has 110 valence electrons. The maximum atomic E-state index is 14.4. The summed E-state index contributed by atoms with van der Waals surface area (Å²) in [6.07, 6.45) is 1.87. The number of piperidine rings is 1. The fourth-order valence-corrected chi connectivity index (χ4v) is 2.82. The number of nitrogens with zero attached hydrogens (tertiary/aromatic N) is 1. The standard InChI is InChI=1S/C16H22FNO2/c1-12(19)14-4-3-5-15(16(14)17)13-6-8-18(9-7-13)10-11-20-2/h3-5,13H,6-11H2,1-2H3. The van der Waals surface area contributed by atoms with Crippen molar-refractivity contribution in [3.63, 3.8) is 0 Å². The van der Waals surface area contributed by atoms with Crippen molar-refractivity contribution in [2.45, 2.75) is 25.7 Å². The second kappa shape index (κ2) is 6.95. The van der Waals surface area contributed by atoms with E-state index in [4.69, 9.17) is 4.74 Å². The molecule has 4 heteroatoms. The second-order valence-electron chi connectivity index (χ2n) is 5.37. The summed E-state index contributed by atoms with van der Waals surface area (Å²) in [5, 5.41) is 0. The van der Waals surface area contributed by atoms with Crippen molar-refractivity contribution in [3.8, 4) is 0 Å². The first-order chi connectivity index (χ1) is 9.63. The summed E-state index contributed by atoms with van der Waals surface area (Å²) in [7, 11) is 1.70. The molecular formula is C16H22FNO2. The van der Waals surface area contributed by atoms with Crippen molar-refractivity contribution in [1.29, 1.82) is 0 Å². The van der Waals surface area contributed by atoms with Crippen LogP contribution in [-0.2, 0) is 4.74 Å². The van der Waals surface area contributed by atoms with E-state index in [9.17, 15) is 9.18 Å². The lowest BCUT2D eigenvalue weighted by atomic mass is 9.87. The Morgan fingerprint density at radius 2 is 2.10 bits per heavy atom. The number of ketones is 1. The largest absolute Gasteiger partial charge is 0.383 e. The molecule has 0 amide bonds. The third-order valence-electron chi connectivity index (χ3n) is 4.05. The Morgan fingerprint density at radius 1 is 1.40 bits per heavy atom. The van der Waals surface area contributed by atoms with Gasteiger partial charge in [-0.3, -0.25) is 4.79 Å². The van der Waals surface area contributed by atoms with E-state index in [-0.39, 0.29) is 23.1 Å². The van der Waals surface area contributed by atoms with Crippen LogP contribution in [0.4, 0.5) is 4.39 Å². The van der Waals surface area contributed by atoms with Gasteiger partial charge in [-0.2, -0.15) is 0 Å². The van der Waals surface area contributed by atoms with Crippen LogP contribution >= 0.6 is 0 Å². The fraction of sp³-hybridized carbons (Fsp3) is 0.562. The van der Waals surface area contributed by atoms with Gasteiger partial charge >= 0.3 is 0 Å². The molecule has 0 aromatic heterocycles. The minimum atomic E-state index is -0.324. The van der Waals surface area contributed by atoms with Crippen LogP contribution in [0.15, 0.2) is 18.2 Å². The molecule has 20 heavy (non-hydrogen) atoms. The lowest BCUT2D eigenvalue weighted by Gasteiger charge is -2.32. The number of methoxy groups -OCH3 is 1. The van der Waals surface area contributed by atoms with Gasteiger partial charge in [0.1, 0.15) is 5.82 Å². The Balaban J connectivity index is 2.04. The third kappa shape index (κ3) is 3.44. The minimum absolute atomic E-state index is 0.207. The van der Waals surface area contributed by atoms with Gasteiger partial charge < -0.3 is 9.64 Å². The highest BCUT2D eigenvalue weighted by Crippen LogP contribution is 2.31. The van der Waals surface area contributed by atoms with Crippen molar-refractivity contribution >= 4 is 5.78 Å². The topological polar surface area (TPSA) is 29.5 Å². The molecule has 2 rings (SSSR count). The van der Waals surface area contributed by atoms with Crippen LogP contribution in [0.3, 0.4) is 0 Å². The number of carbonyl (C=O) groups is 1. The van der Waals surface area contributed by atoms with E-state index in [1.165, 1.54) is 6.92 Å². The molecule has 0 unspecified atom stereocenters. The van der Waals surface area contributed by atoms with Crippen molar-refractivity contribution in [2.24, 2.45) is 0 Å². The Hall–Kier alpha value is -1.26.